The SMILES string of the molecule is Cc1nn(Cc2c(F)cccc2Cl)cc1C(=O)O. The Bertz CT molecular complexity index is 590. The smallest absolute Gasteiger partial charge is 0.339 e. The molecule has 0 spiro atoms. The van der Waals surface area contributed by atoms with Crippen LogP contribution in [0.1, 0.15) is 21.6 Å². The molecule has 0 fully saturated rings. The van der Waals surface area contributed by atoms with Crippen LogP contribution in [0.4, 0.5) is 4.39 Å². The first-order valence-electron chi connectivity index (χ1n) is 5.19. The summed E-state index contributed by atoms with van der Waals surface area (Å²) in [4.78, 5) is 10.9. The van der Waals surface area contributed by atoms with E-state index in [0.29, 0.717) is 16.3 Å². The molecule has 0 aliphatic carbocycles. The Morgan fingerprint density at radius 3 is 2.83 bits per heavy atom. The minimum atomic E-state index is -1.06. The van der Waals surface area contributed by atoms with Crippen molar-refractivity contribution in [3.8, 4) is 0 Å². The Hall–Kier alpha value is -1.88. The van der Waals surface area contributed by atoms with E-state index in [4.69, 9.17) is 16.7 Å². The van der Waals surface area contributed by atoms with Crippen molar-refractivity contribution < 1.29 is 14.3 Å². The van der Waals surface area contributed by atoms with Crippen LogP contribution in [-0.2, 0) is 6.54 Å². The number of aromatic carboxylic acids is 1. The maximum Gasteiger partial charge on any atom is 0.339 e. The maximum atomic E-state index is 13.6. The van der Waals surface area contributed by atoms with Gasteiger partial charge < -0.3 is 5.11 Å². The number of aromatic nitrogens is 2. The average Bonchev–Trinajstić information content (AvgIpc) is 2.65. The van der Waals surface area contributed by atoms with Crippen molar-refractivity contribution in [2.75, 3.05) is 0 Å². The van der Waals surface area contributed by atoms with Gasteiger partial charge in [-0.05, 0) is 19.1 Å². The van der Waals surface area contributed by atoms with E-state index in [2.05, 4.69) is 5.10 Å². The zero-order valence-electron chi connectivity index (χ0n) is 9.52. The quantitative estimate of drug-likeness (QED) is 0.931. The molecule has 0 atom stereocenters. The Balaban J connectivity index is 2.35. The summed E-state index contributed by atoms with van der Waals surface area (Å²) in [5.41, 5.74) is 0.774. The van der Waals surface area contributed by atoms with Crippen LogP contribution < -0.4 is 0 Å². The summed E-state index contributed by atoms with van der Waals surface area (Å²) in [5, 5.41) is 13.2. The average molecular weight is 269 g/mol. The highest BCUT2D eigenvalue weighted by Crippen LogP contribution is 2.20. The highest BCUT2D eigenvalue weighted by Gasteiger charge is 2.14. The van der Waals surface area contributed by atoms with E-state index in [1.54, 1.807) is 13.0 Å². The number of benzene rings is 1. The van der Waals surface area contributed by atoms with E-state index >= 15 is 0 Å². The first-order chi connectivity index (χ1) is 8.49. The van der Waals surface area contributed by atoms with Crippen molar-refractivity contribution in [2.45, 2.75) is 13.5 Å². The van der Waals surface area contributed by atoms with E-state index < -0.39 is 11.8 Å². The summed E-state index contributed by atoms with van der Waals surface area (Å²) in [5.74, 6) is -1.49. The molecular weight excluding hydrogens is 259 g/mol. The monoisotopic (exact) mass is 268 g/mol. The summed E-state index contributed by atoms with van der Waals surface area (Å²) >= 11 is 5.89. The van der Waals surface area contributed by atoms with Crippen LogP contribution in [0.2, 0.25) is 5.02 Å². The standard InChI is InChI=1S/C12H10ClFN2O2/c1-7-8(12(17)18)5-16(15-7)6-9-10(13)3-2-4-11(9)14/h2-5H,6H2,1H3,(H,17,18). The number of carboxylic acid groups (broad SMARTS) is 1. The van der Waals surface area contributed by atoms with Crippen LogP contribution in [0.25, 0.3) is 0 Å². The van der Waals surface area contributed by atoms with Crippen LogP contribution in [0, 0.1) is 12.7 Å². The second kappa shape index (κ2) is 4.78. The van der Waals surface area contributed by atoms with Crippen LogP contribution in [0.15, 0.2) is 24.4 Å². The van der Waals surface area contributed by atoms with Crippen LogP contribution in [-0.4, -0.2) is 20.9 Å². The third kappa shape index (κ3) is 2.36. The van der Waals surface area contributed by atoms with Gasteiger partial charge in [0, 0.05) is 16.8 Å². The van der Waals surface area contributed by atoms with Gasteiger partial charge in [-0.15, -0.1) is 0 Å². The number of nitrogens with zero attached hydrogens (tertiary/aromatic N) is 2. The van der Waals surface area contributed by atoms with E-state index in [-0.39, 0.29) is 12.1 Å². The maximum absolute atomic E-state index is 13.6. The molecule has 0 saturated heterocycles. The Kier molecular flexibility index (Phi) is 3.34. The van der Waals surface area contributed by atoms with Crippen molar-refractivity contribution in [1.82, 2.24) is 9.78 Å². The Morgan fingerprint density at radius 1 is 1.56 bits per heavy atom. The highest BCUT2D eigenvalue weighted by molar-refractivity contribution is 6.31. The number of carboxylic acids is 1. The molecule has 0 bridgehead atoms. The van der Waals surface area contributed by atoms with Gasteiger partial charge in [-0.2, -0.15) is 5.10 Å². The second-order valence-electron chi connectivity index (χ2n) is 3.83. The zero-order chi connectivity index (χ0) is 13.3. The number of rotatable bonds is 3. The zero-order valence-corrected chi connectivity index (χ0v) is 10.3. The molecule has 0 radical (unpaired) electrons. The highest BCUT2D eigenvalue weighted by atomic mass is 35.5. The Morgan fingerprint density at radius 2 is 2.28 bits per heavy atom. The van der Waals surface area contributed by atoms with Crippen LogP contribution >= 0.6 is 11.6 Å². The minimum Gasteiger partial charge on any atom is -0.478 e. The molecule has 0 amide bonds. The molecular formula is C12H10ClFN2O2. The Labute approximate surface area is 108 Å². The summed E-state index contributed by atoms with van der Waals surface area (Å²) in [7, 11) is 0. The third-order valence-electron chi connectivity index (χ3n) is 2.56. The first-order valence-corrected chi connectivity index (χ1v) is 5.57. The lowest BCUT2D eigenvalue weighted by atomic mass is 10.2. The van der Waals surface area contributed by atoms with Gasteiger partial charge in [0.1, 0.15) is 11.4 Å². The lowest BCUT2D eigenvalue weighted by Crippen LogP contribution is -2.03. The van der Waals surface area contributed by atoms with Crippen LogP contribution in [0.5, 0.6) is 0 Å². The fourth-order valence-electron chi connectivity index (χ4n) is 1.65. The van der Waals surface area contributed by atoms with E-state index in [1.165, 1.54) is 23.0 Å². The number of halogens is 2. The number of hydrogen-bond acceptors (Lipinski definition) is 2. The predicted molar refractivity (Wildman–Crippen MR) is 64.4 cm³/mol. The minimum absolute atomic E-state index is 0.0969. The van der Waals surface area contributed by atoms with Crippen molar-refractivity contribution >= 4 is 17.6 Å². The number of hydrogen-bond donors (Lipinski definition) is 1. The summed E-state index contributed by atoms with van der Waals surface area (Å²) in [6, 6.07) is 4.39. The number of aryl methyl sites for hydroxylation is 1. The van der Waals surface area contributed by atoms with Gasteiger partial charge >= 0.3 is 5.97 Å². The molecule has 1 aromatic heterocycles. The molecule has 0 saturated carbocycles. The molecule has 2 rings (SSSR count). The first kappa shape index (κ1) is 12.6. The van der Waals surface area contributed by atoms with Gasteiger partial charge in [0.25, 0.3) is 0 Å². The van der Waals surface area contributed by atoms with Gasteiger partial charge in [0.2, 0.25) is 0 Å². The molecule has 18 heavy (non-hydrogen) atoms. The molecule has 1 N–H and O–H groups in total. The van der Waals surface area contributed by atoms with Crippen LogP contribution in [0.3, 0.4) is 0 Å². The largest absolute Gasteiger partial charge is 0.478 e. The summed E-state index contributed by atoms with van der Waals surface area (Å²) in [6.07, 6.45) is 1.36. The van der Waals surface area contributed by atoms with Crippen molar-refractivity contribution in [2.24, 2.45) is 0 Å². The lowest BCUT2D eigenvalue weighted by molar-refractivity contribution is 0.0696. The van der Waals surface area contributed by atoms with Gasteiger partial charge in [0.05, 0.1) is 12.2 Å². The molecule has 0 unspecified atom stereocenters. The normalized spacial score (nSPS) is 10.6. The molecule has 4 nitrogen and oxygen atoms in total. The molecule has 1 aromatic carbocycles. The van der Waals surface area contributed by atoms with Gasteiger partial charge in [0.15, 0.2) is 0 Å². The number of carbonyl (C=O) groups is 1. The molecule has 1 heterocycles. The molecule has 0 aliphatic rings. The van der Waals surface area contributed by atoms with Crippen molar-refractivity contribution in [1.29, 1.82) is 0 Å². The van der Waals surface area contributed by atoms with E-state index in [0.717, 1.165) is 0 Å². The molecule has 94 valence electrons. The second-order valence-corrected chi connectivity index (χ2v) is 4.24. The van der Waals surface area contributed by atoms with E-state index in [1.807, 2.05) is 0 Å². The van der Waals surface area contributed by atoms with Gasteiger partial charge in [-0.1, -0.05) is 17.7 Å². The fraction of sp³-hybridized carbons (Fsp3) is 0.167. The van der Waals surface area contributed by atoms with Crippen molar-refractivity contribution in [3.05, 3.63) is 52.1 Å². The predicted octanol–water partition coefficient (Wildman–Crippen LogP) is 2.73. The summed E-state index contributed by atoms with van der Waals surface area (Å²) in [6.45, 7) is 1.68. The molecule has 6 heteroatoms. The third-order valence-corrected chi connectivity index (χ3v) is 2.91. The topological polar surface area (TPSA) is 55.1 Å². The molecule has 0 aliphatic heterocycles. The fourth-order valence-corrected chi connectivity index (χ4v) is 1.88. The van der Waals surface area contributed by atoms with Gasteiger partial charge in [-0.3, -0.25) is 4.68 Å². The lowest BCUT2D eigenvalue weighted by Gasteiger charge is -2.05. The molecule has 2 aromatic rings. The van der Waals surface area contributed by atoms with Gasteiger partial charge in [-0.25, -0.2) is 9.18 Å². The van der Waals surface area contributed by atoms with Crippen molar-refractivity contribution in [3.63, 3.8) is 0 Å². The van der Waals surface area contributed by atoms with E-state index in [9.17, 15) is 9.18 Å². The summed E-state index contributed by atoms with van der Waals surface area (Å²) < 4.78 is 14.9.